The van der Waals surface area contributed by atoms with Gasteiger partial charge in [0.25, 0.3) is 5.91 Å². The molecule has 1 aliphatic rings. The van der Waals surface area contributed by atoms with Gasteiger partial charge < -0.3 is 14.4 Å². The van der Waals surface area contributed by atoms with Gasteiger partial charge in [0.05, 0.1) is 24.3 Å². The van der Waals surface area contributed by atoms with Crippen LogP contribution in [0.2, 0.25) is 0 Å². The van der Waals surface area contributed by atoms with E-state index in [1.165, 1.54) is 47.5 Å². The number of pyridine rings is 1. The van der Waals surface area contributed by atoms with Crippen molar-refractivity contribution in [2.45, 2.75) is 12.9 Å². The second kappa shape index (κ2) is 8.25. The summed E-state index contributed by atoms with van der Waals surface area (Å²) >= 11 is 0. The topological polar surface area (TPSA) is 51.7 Å². The number of hydrogen-bond donors (Lipinski definition) is 0. The zero-order valence-corrected chi connectivity index (χ0v) is 16.0. The van der Waals surface area contributed by atoms with Crippen molar-refractivity contribution >= 4 is 5.91 Å². The van der Waals surface area contributed by atoms with Crippen LogP contribution in [0.15, 0.2) is 60.8 Å². The summed E-state index contributed by atoms with van der Waals surface area (Å²) in [6.45, 7) is 0.473. The summed E-state index contributed by atoms with van der Waals surface area (Å²) in [5.41, 5.74) is 1.63. The van der Waals surface area contributed by atoms with Gasteiger partial charge in [-0.3, -0.25) is 9.78 Å². The molecule has 2 aromatic carbocycles. The average molecular weight is 432 g/mol. The molecule has 9 heteroatoms. The molecule has 0 atom stereocenters. The molecule has 160 valence electrons. The van der Waals surface area contributed by atoms with E-state index in [4.69, 9.17) is 4.74 Å². The number of halogens is 4. The van der Waals surface area contributed by atoms with E-state index < -0.39 is 12.2 Å². The van der Waals surface area contributed by atoms with E-state index in [0.717, 1.165) is 0 Å². The maximum absolute atomic E-state index is 14.0. The van der Waals surface area contributed by atoms with Crippen molar-refractivity contribution in [2.75, 3.05) is 13.2 Å². The summed E-state index contributed by atoms with van der Waals surface area (Å²) in [5, 5.41) is 0. The normalized spacial score (nSPS) is 13.9. The molecular weight excluding hydrogens is 416 g/mol. The Balaban J connectivity index is 1.60. The average Bonchev–Trinajstić information content (AvgIpc) is 2.88. The van der Waals surface area contributed by atoms with Crippen LogP contribution in [0, 0.1) is 5.82 Å². The van der Waals surface area contributed by atoms with Crippen molar-refractivity contribution in [3.05, 3.63) is 77.9 Å². The summed E-state index contributed by atoms with van der Waals surface area (Å²) in [5.74, 6) is -0.809. The van der Waals surface area contributed by atoms with Crippen LogP contribution in [0.5, 0.6) is 11.5 Å². The van der Waals surface area contributed by atoms with Crippen LogP contribution < -0.4 is 9.47 Å². The Hall–Kier alpha value is -3.62. The summed E-state index contributed by atoms with van der Waals surface area (Å²) in [4.78, 5) is 18.5. The smallest absolute Gasteiger partial charge is 0.491 e. The molecular formula is C22H16F4N2O3. The van der Waals surface area contributed by atoms with Crippen LogP contribution in [-0.2, 0) is 6.54 Å². The van der Waals surface area contributed by atoms with Crippen LogP contribution in [0.1, 0.15) is 16.1 Å². The Bertz CT molecular complexity index is 1100. The van der Waals surface area contributed by atoms with Gasteiger partial charge in [-0.15, -0.1) is 13.2 Å². The zero-order chi connectivity index (χ0) is 22.0. The van der Waals surface area contributed by atoms with Crippen molar-refractivity contribution in [3.8, 4) is 22.6 Å². The molecule has 2 heterocycles. The molecule has 0 fully saturated rings. The number of aromatic nitrogens is 1. The van der Waals surface area contributed by atoms with E-state index in [2.05, 4.69) is 9.72 Å². The first-order valence-electron chi connectivity index (χ1n) is 9.32. The third-order valence-corrected chi connectivity index (χ3v) is 4.71. The summed E-state index contributed by atoms with van der Waals surface area (Å²) in [6, 6.07) is 13.0. The number of benzene rings is 2. The van der Waals surface area contributed by atoms with Gasteiger partial charge in [0, 0.05) is 6.20 Å². The van der Waals surface area contributed by atoms with Gasteiger partial charge in [0.15, 0.2) is 0 Å². The zero-order valence-electron chi connectivity index (χ0n) is 16.0. The SMILES string of the molecule is O=C1c2cc(-c3ccc(OC(F)(F)F)cc3)ccc2OCCN1Cc1ncccc1F. The van der Waals surface area contributed by atoms with Crippen molar-refractivity contribution in [1.29, 1.82) is 0 Å². The van der Waals surface area contributed by atoms with Crippen molar-refractivity contribution in [1.82, 2.24) is 9.88 Å². The predicted molar refractivity (Wildman–Crippen MR) is 103 cm³/mol. The van der Waals surface area contributed by atoms with E-state index in [-0.39, 0.29) is 42.6 Å². The van der Waals surface area contributed by atoms with E-state index in [0.29, 0.717) is 16.9 Å². The molecule has 0 N–H and O–H groups in total. The Morgan fingerprint density at radius 3 is 2.52 bits per heavy atom. The fourth-order valence-corrected chi connectivity index (χ4v) is 3.26. The highest BCUT2D eigenvalue weighted by atomic mass is 19.4. The third-order valence-electron chi connectivity index (χ3n) is 4.71. The van der Waals surface area contributed by atoms with Gasteiger partial charge in [-0.1, -0.05) is 18.2 Å². The highest BCUT2D eigenvalue weighted by molar-refractivity contribution is 5.98. The molecule has 0 saturated heterocycles. The molecule has 4 rings (SSSR count). The lowest BCUT2D eigenvalue weighted by atomic mass is 10.0. The molecule has 0 unspecified atom stereocenters. The summed E-state index contributed by atoms with van der Waals surface area (Å²) in [6.07, 6.45) is -3.32. The fraction of sp³-hybridized carbons (Fsp3) is 0.182. The van der Waals surface area contributed by atoms with Gasteiger partial charge in [-0.2, -0.15) is 0 Å². The number of alkyl halides is 3. The lowest BCUT2D eigenvalue weighted by Crippen LogP contribution is -2.32. The van der Waals surface area contributed by atoms with Gasteiger partial charge in [-0.05, 0) is 47.5 Å². The number of hydrogen-bond acceptors (Lipinski definition) is 4. The first-order chi connectivity index (χ1) is 14.8. The molecule has 0 aliphatic carbocycles. The minimum atomic E-state index is -4.77. The highest BCUT2D eigenvalue weighted by Gasteiger charge is 2.31. The Morgan fingerprint density at radius 2 is 1.81 bits per heavy atom. The molecule has 0 spiro atoms. The maximum Gasteiger partial charge on any atom is 0.573 e. The standard InChI is InChI=1S/C22H16F4N2O3/c23-18-2-1-9-27-19(18)13-28-10-11-30-20-8-5-15(12-17(20)21(28)29)14-3-6-16(7-4-14)31-22(24,25)26/h1-9,12H,10-11,13H2. The number of fused-ring (bicyclic) bond motifs is 1. The van der Waals surface area contributed by atoms with Gasteiger partial charge >= 0.3 is 6.36 Å². The molecule has 1 amide bonds. The number of nitrogens with zero attached hydrogens (tertiary/aromatic N) is 2. The van der Waals surface area contributed by atoms with Gasteiger partial charge in [-0.25, -0.2) is 4.39 Å². The Labute approximate surface area is 174 Å². The molecule has 1 aliphatic heterocycles. The van der Waals surface area contributed by atoms with Crippen LogP contribution in [0.25, 0.3) is 11.1 Å². The van der Waals surface area contributed by atoms with Crippen LogP contribution >= 0.6 is 0 Å². The van der Waals surface area contributed by atoms with Crippen LogP contribution in [-0.4, -0.2) is 35.3 Å². The van der Waals surface area contributed by atoms with Crippen molar-refractivity contribution < 1.29 is 31.8 Å². The maximum atomic E-state index is 14.0. The minimum absolute atomic E-state index is 0.0119. The number of carbonyl (C=O) groups excluding carboxylic acids is 1. The largest absolute Gasteiger partial charge is 0.573 e. The Kier molecular flexibility index (Phi) is 5.50. The molecule has 0 bridgehead atoms. The second-order valence-corrected chi connectivity index (χ2v) is 6.79. The van der Waals surface area contributed by atoms with Crippen LogP contribution in [0.3, 0.4) is 0 Å². The quantitative estimate of drug-likeness (QED) is 0.555. The van der Waals surface area contributed by atoms with E-state index in [1.807, 2.05) is 0 Å². The van der Waals surface area contributed by atoms with Gasteiger partial charge in [0.2, 0.25) is 0 Å². The molecule has 0 saturated carbocycles. The monoisotopic (exact) mass is 432 g/mol. The number of rotatable bonds is 4. The van der Waals surface area contributed by atoms with E-state index in [1.54, 1.807) is 18.2 Å². The Morgan fingerprint density at radius 1 is 1.06 bits per heavy atom. The molecule has 3 aromatic rings. The van der Waals surface area contributed by atoms with Gasteiger partial charge in [0.1, 0.15) is 23.9 Å². The summed E-state index contributed by atoms with van der Waals surface area (Å²) in [7, 11) is 0. The lowest BCUT2D eigenvalue weighted by Gasteiger charge is -2.19. The number of carbonyl (C=O) groups is 1. The molecule has 0 radical (unpaired) electrons. The third kappa shape index (κ3) is 4.76. The predicted octanol–water partition coefficient (Wildman–Crippen LogP) is 4.82. The van der Waals surface area contributed by atoms with E-state index >= 15 is 0 Å². The minimum Gasteiger partial charge on any atom is -0.491 e. The fourth-order valence-electron chi connectivity index (χ4n) is 3.26. The number of amides is 1. The van der Waals surface area contributed by atoms with Crippen LogP contribution in [0.4, 0.5) is 17.6 Å². The first-order valence-corrected chi connectivity index (χ1v) is 9.32. The van der Waals surface area contributed by atoms with Crippen molar-refractivity contribution in [2.24, 2.45) is 0 Å². The van der Waals surface area contributed by atoms with E-state index in [9.17, 15) is 22.4 Å². The first kappa shape index (κ1) is 20.6. The molecule has 5 nitrogen and oxygen atoms in total. The molecule has 1 aromatic heterocycles. The number of ether oxygens (including phenoxy) is 2. The molecule has 31 heavy (non-hydrogen) atoms. The lowest BCUT2D eigenvalue weighted by molar-refractivity contribution is -0.274. The highest BCUT2D eigenvalue weighted by Crippen LogP contribution is 2.31. The van der Waals surface area contributed by atoms with Crippen molar-refractivity contribution in [3.63, 3.8) is 0 Å². The summed E-state index contributed by atoms with van der Waals surface area (Å²) < 4.78 is 60.6. The second-order valence-electron chi connectivity index (χ2n) is 6.79.